The van der Waals surface area contributed by atoms with E-state index in [4.69, 9.17) is 11.6 Å². The van der Waals surface area contributed by atoms with E-state index in [1.165, 1.54) is 0 Å². The first-order valence-electron chi connectivity index (χ1n) is 8.70. The molecule has 3 rings (SSSR count). The predicted molar refractivity (Wildman–Crippen MR) is 95.2 cm³/mol. The minimum absolute atomic E-state index is 0.0140. The molecule has 2 heterocycles. The second kappa shape index (κ2) is 7.99. The Kier molecular flexibility index (Phi) is 5.74. The summed E-state index contributed by atoms with van der Waals surface area (Å²) < 4.78 is 0. The quantitative estimate of drug-likeness (QED) is 0.857. The van der Waals surface area contributed by atoms with E-state index in [1.807, 2.05) is 12.1 Å². The summed E-state index contributed by atoms with van der Waals surface area (Å²) in [4.78, 5) is 26.4. The van der Waals surface area contributed by atoms with Crippen molar-refractivity contribution in [2.75, 3.05) is 24.5 Å². The van der Waals surface area contributed by atoms with Crippen molar-refractivity contribution in [3.05, 3.63) is 29.3 Å². The normalized spacial score (nSPS) is 22.0. The van der Waals surface area contributed by atoms with Crippen molar-refractivity contribution in [3.63, 3.8) is 0 Å². The zero-order chi connectivity index (χ0) is 16.9. The Bertz CT molecular complexity index is 602. The lowest BCUT2D eigenvalue weighted by atomic mass is 9.93. The third-order valence-corrected chi connectivity index (χ3v) is 5.13. The fraction of sp³-hybridized carbons (Fsp3) is 0.556. The van der Waals surface area contributed by atoms with E-state index < -0.39 is 6.04 Å². The monoisotopic (exact) mass is 349 g/mol. The number of piperidine rings is 1. The molecule has 2 amide bonds. The van der Waals surface area contributed by atoms with E-state index in [2.05, 4.69) is 10.6 Å². The summed E-state index contributed by atoms with van der Waals surface area (Å²) in [5.74, 6) is 0.562. The highest BCUT2D eigenvalue weighted by atomic mass is 35.5. The molecule has 2 fully saturated rings. The highest BCUT2D eigenvalue weighted by Crippen LogP contribution is 2.24. The highest BCUT2D eigenvalue weighted by molar-refractivity contribution is 6.31. The molecule has 24 heavy (non-hydrogen) atoms. The summed E-state index contributed by atoms with van der Waals surface area (Å²) in [7, 11) is 0. The Morgan fingerprint density at radius 1 is 1.29 bits per heavy atom. The van der Waals surface area contributed by atoms with Gasteiger partial charge in [-0.05, 0) is 62.9 Å². The molecule has 1 aromatic rings. The zero-order valence-corrected chi connectivity index (χ0v) is 14.5. The predicted octanol–water partition coefficient (Wildman–Crippen LogP) is 2.34. The number of halogens is 1. The topological polar surface area (TPSA) is 61.4 Å². The van der Waals surface area contributed by atoms with Crippen molar-refractivity contribution < 1.29 is 9.59 Å². The molecule has 1 aromatic carbocycles. The Balaban J connectivity index is 1.49. The maximum absolute atomic E-state index is 12.5. The molecule has 6 heteroatoms. The van der Waals surface area contributed by atoms with Crippen LogP contribution in [0.4, 0.5) is 5.69 Å². The molecule has 2 N–H and O–H groups in total. The summed E-state index contributed by atoms with van der Waals surface area (Å²) in [6, 6.07) is 6.84. The number of hydrogen-bond donors (Lipinski definition) is 2. The molecule has 130 valence electrons. The highest BCUT2D eigenvalue weighted by Gasteiger charge is 2.33. The van der Waals surface area contributed by atoms with Crippen LogP contribution in [0.2, 0.25) is 5.02 Å². The number of amides is 2. The molecule has 1 atom stereocenters. The van der Waals surface area contributed by atoms with Gasteiger partial charge < -0.3 is 15.5 Å². The molecular weight excluding hydrogens is 326 g/mol. The lowest BCUT2D eigenvalue weighted by molar-refractivity contribution is -0.126. The van der Waals surface area contributed by atoms with Crippen LogP contribution in [0.25, 0.3) is 0 Å². The standard InChI is InChI=1S/C18H24ClN3O2/c19-14-2-1-3-15(12-14)22-11-8-16(18(22)24)21-17(23)5-4-13-6-9-20-10-7-13/h1-3,12-13,16,20H,4-11H2,(H,21,23). The number of rotatable bonds is 5. The van der Waals surface area contributed by atoms with Crippen LogP contribution in [0.15, 0.2) is 24.3 Å². The van der Waals surface area contributed by atoms with E-state index in [0.717, 1.165) is 38.0 Å². The number of benzene rings is 1. The van der Waals surface area contributed by atoms with Gasteiger partial charge in [0.2, 0.25) is 11.8 Å². The van der Waals surface area contributed by atoms with E-state index in [-0.39, 0.29) is 11.8 Å². The van der Waals surface area contributed by atoms with Gasteiger partial charge in [0.15, 0.2) is 0 Å². The SMILES string of the molecule is O=C(CCC1CCNCC1)NC1CCN(c2cccc(Cl)c2)C1=O. The first-order chi connectivity index (χ1) is 11.6. The van der Waals surface area contributed by atoms with Crippen LogP contribution in [0.5, 0.6) is 0 Å². The fourth-order valence-electron chi connectivity index (χ4n) is 3.49. The van der Waals surface area contributed by atoms with E-state index >= 15 is 0 Å². The average Bonchev–Trinajstić information content (AvgIpc) is 2.95. The summed E-state index contributed by atoms with van der Waals surface area (Å²) in [5.41, 5.74) is 0.791. The van der Waals surface area contributed by atoms with E-state index in [1.54, 1.807) is 17.0 Å². The smallest absolute Gasteiger partial charge is 0.249 e. The number of carbonyl (C=O) groups is 2. The van der Waals surface area contributed by atoms with Crippen molar-refractivity contribution in [1.29, 1.82) is 0 Å². The maximum Gasteiger partial charge on any atom is 0.249 e. The summed E-state index contributed by atoms with van der Waals surface area (Å²) in [5, 5.41) is 6.84. The molecule has 0 radical (unpaired) electrons. The Hall–Kier alpha value is -1.59. The molecule has 0 aromatic heterocycles. The third kappa shape index (κ3) is 4.28. The van der Waals surface area contributed by atoms with Gasteiger partial charge in [0.1, 0.15) is 6.04 Å². The Labute approximate surface area is 147 Å². The van der Waals surface area contributed by atoms with Gasteiger partial charge in [-0.3, -0.25) is 9.59 Å². The van der Waals surface area contributed by atoms with Crippen molar-refractivity contribution in [1.82, 2.24) is 10.6 Å². The van der Waals surface area contributed by atoms with Gasteiger partial charge in [0.25, 0.3) is 0 Å². The summed E-state index contributed by atoms with van der Waals surface area (Å²) >= 11 is 5.99. The van der Waals surface area contributed by atoms with Crippen LogP contribution in [0.1, 0.15) is 32.1 Å². The molecule has 1 unspecified atom stereocenters. The molecule has 0 spiro atoms. The van der Waals surface area contributed by atoms with Gasteiger partial charge in [-0.1, -0.05) is 17.7 Å². The van der Waals surface area contributed by atoms with Gasteiger partial charge in [-0.2, -0.15) is 0 Å². The lowest BCUT2D eigenvalue weighted by Gasteiger charge is -2.22. The van der Waals surface area contributed by atoms with E-state index in [0.29, 0.717) is 30.3 Å². The number of hydrogen-bond acceptors (Lipinski definition) is 3. The van der Waals surface area contributed by atoms with Crippen LogP contribution in [-0.4, -0.2) is 37.5 Å². The van der Waals surface area contributed by atoms with Crippen molar-refractivity contribution in [2.45, 2.75) is 38.1 Å². The number of carbonyl (C=O) groups excluding carboxylic acids is 2. The zero-order valence-electron chi connectivity index (χ0n) is 13.8. The van der Waals surface area contributed by atoms with Crippen LogP contribution in [-0.2, 0) is 9.59 Å². The number of nitrogens with zero attached hydrogens (tertiary/aromatic N) is 1. The van der Waals surface area contributed by atoms with Gasteiger partial charge in [0, 0.05) is 23.7 Å². The van der Waals surface area contributed by atoms with Crippen LogP contribution >= 0.6 is 11.6 Å². The van der Waals surface area contributed by atoms with Gasteiger partial charge >= 0.3 is 0 Å². The summed E-state index contributed by atoms with van der Waals surface area (Å²) in [6.07, 6.45) is 4.33. The Morgan fingerprint density at radius 3 is 2.83 bits per heavy atom. The Morgan fingerprint density at radius 2 is 2.08 bits per heavy atom. The minimum atomic E-state index is -0.412. The first-order valence-corrected chi connectivity index (χ1v) is 9.08. The molecule has 2 aliphatic rings. The van der Waals surface area contributed by atoms with Crippen LogP contribution in [0.3, 0.4) is 0 Å². The second-order valence-corrected chi connectivity index (χ2v) is 7.05. The van der Waals surface area contributed by atoms with Gasteiger partial charge in [-0.15, -0.1) is 0 Å². The van der Waals surface area contributed by atoms with Crippen molar-refractivity contribution >= 4 is 29.1 Å². The molecule has 5 nitrogen and oxygen atoms in total. The molecule has 2 saturated heterocycles. The number of anilines is 1. The second-order valence-electron chi connectivity index (χ2n) is 6.61. The van der Waals surface area contributed by atoms with Crippen LogP contribution in [0, 0.1) is 5.92 Å². The molecule has 0 bridgehead atoms. The molecule has 0 aliphatic carbocycles. The van der Waals surface area contributed by atoms with Gasteiger partial charge in [-0.25, -0.2) is 0 Å². The lowest BCUT2D eigenvalue weighted by Crippen LogP contribution is -2.41. The maximum atomic E-state index is 12.5. The fourth-order valence-corrected chi connectivity index (χ4v) is 3.67. The average molecular weight is 350 g/mol. The first kappa shape index (κ1) is 17.2. The molecule has 0 saturated carbocycles. The van der Waals surface area contributed by atoms with Crippen molar-refractivity contribution in [3.8, 4) is 0 Å². The molecular formula is C18H24ClN3O2. The minimum Gasteiger partial charge on any atom is -0.344 e. The third-order valence-electron chi connectivity index (χ3n) is 4.90. The summed E-state index contributed by atoms with van der Waals surface area (Å²) in [6.45, 7) is 2.70. The molecule has 2 aliphatic heterocycles. The van der Waals surface area contributed by atoms with Crippen molar-refractivity contribution in [2.24, 2.45) is 5.92 Å². The largest absolute Gasteiger partial charge is 0.344 e. The van der Waals surface area contributed by atoms with E-state index in [9.17, 15) is 9.59 Å². The van der Waals surface area contributed by atoms with Crippen LogP contribution < -0.4 is 15.5 Å². The van der Waals surface area contributed by atoms with Gasteiger partial charge in [0.05, 0.1) is 0 Å². The number of nitrogens with one attached hydrogen (secondary N) is 2.